The first-order chi connectivity index (χ1) is 22.5. The highest BCUT2D eigenvalue weighted by molar-refractivity contribution is 7.80. The van der Waals surface area contributed by atoms with Crippen LogP contribution < -0.4 is 5.32 Å². The van der Waals surface area contributed by atoms with Crippen molar-refractivity contribution in [3.8, 4) is 0 Å². The molecular weight excluding hydrogens is 638 g/mol. The number of nitrogens with one attached hydrogen (secondary N) is 1. The summed E-state index contributed by atoms with van der Waals surface area (Å²) < 4.78 is 43.6. The number of rotatable bonds is 16. The van der Waals surface area contributed by atoms with E-state index >= 15 is 0 Å². The van der Waals surface area contributed by atoms with E-state index in [0.29, 0.717) is 31.0 Å². The molecule has 0 aromatic heterocycles. The second kappa shape index (κ2) is 17.2. The van der Waals surface area contributed by atoms with Gasteiger partial charge in [0.25, 0.3) is 0 Å². The second-order valence-electron chi connectivity index (χ2n) is 15.6. The lowest BCUT2D eigenvalue weighted by molar-refractivity contribution is -0.929. The standard InChI is InChI=1S/C18H28N4O8S.C16H36N/c1-17(2,3)29-16(25)20-9-18(10-20)6-11(7-18)19-14(23)13-5-4-12-8-21(13)15(24)22(12)30-31(26,27)28;1-5-9-13-17(14-10-6-2,15-11-7-3)16-12-8-4/h11-13H,4-10H2,1-3H3,(H,19,23)(H,26,27,28);5-16H2,1-4H3/q;+1/p-1/t12-,13+;/m1./s1. The molecule has 3 saturated heterocycles. The van der Waals surface area contributed by atoms with Crippen LogP contribution >= 0.6 is 0 Å². The lowest BCUT2D eigenvalue weighted by atomic mass is 9.60. The minimum atomic E-state index is -5.07. The van der Waals surface area contributed by atoms with Crippen LogP contribution in [-0.4, -0.2) is 120 Å². The summed E-state index contributed by atoms with van der Waals surface area (Å²) >= 11 is 0. The third kappa shape index (κ3) is 11.2. The number of hydrogen-bond donors (Lipinski definition) is 1. The van der Waals surface area contributed by atoms with Gasteiger partial charge in [-0.1, -0.05) is 53.4 Å². The number of piperidine rings is 1. The van der Waals surface area contributed by atoms with Gasteiger partial charge in [-0.15, -0.1) is 0 Å². The van der Waals surface area contributed by atoms with E-state index in [2.05, 4.69) is 37.3 Å². The number of unbranched alkanes of at least 4 members (excludes halogenated alkanes) is 4. The molecule has 4 amide bonds. The molecule has 1 N–H and O–H groups in total. The Bertz CT molecular complexity index is 1140. The van der Waals surface area contributed by atoms with E-state index in [9.17, 15) is 27.4 Å². The molecule has 0 aromatic carbocycles. The summed E-state index contributed by atoms with van der Waals surface area (Å²) in [7, 11) is -5.07. The minimum Gasteiger partial charge on any atom is -0.724 e. The predicted molar refractivity (Wildman–Crippen MR) is 182 cm³/mol. The number of quaternary nitrogens is 1. The zero-order chi connectivity index (χ0) is 35.8. The molecule has 4 fully saturated rings. The fourth-order valence-corrected chi connectivity index (χ4v) is 7.99. The summed E-state index contributed by atoms with van der Waals surface area (Å²) in [6.45, 7) is 21.8. The first kappa shape index (κ1) is 40.3. The Hall–Kier alpha value is -2.16. The van der Waals surface area contributed by atoms with Crippen molar-refractivity contribution in [3.05, 3.63) is 0 Å². The van der Waals surface area contributed by atoms with Gasteiger partial charge in [0.05, 0.1) is 32.2 Å². The Kier molecular flexibility index (Phi) is 14.4. The van der Waals surface area contributed by atoms with Crippen molar-refractivity contribution >= 4 is 28.4 Å². The third-order valence-electron chi connectivity index (χ3n) is 10.2. The molecule has 0 aromatic rings. The van der Waals surface area contributed by atoms with Gasteiger partial charge in [-0.3, -0.25) is 4.79 Å². The first-order valence-corrected chi connectivity index (χ1v) is 19.7. The van der Waals surface area contributed by atoms with Crippen molar-refractivity contribution in [2.75, 3.05) is 45.8 Å². The van der Waals surface area contributed by atoms with E-state index in [1.165, 1.54) is 86.9 Å². The number of nitrogens with zero attached hydrogens (tertiary/aromatic N) is 4. The molecule has 0 radical (unpaired) electrons. The number of hydrogen-bond acceptors (Lipinski definition) is 8. The molecule has 48 heavy (non-hydrogen) atoms. The fraction of sp³-hybridized carbons (Fsp3) is 0.912. The molecule has 2 atom stereocenters. The third-order valence-corrected chi connectivity index (χ3v) is 10.5. The molecule has 14 heteroatoms. The van der Waals surface area contributed by atoms with Crippen molar-refractivity contribution in [3.63, 3.8) is 0 Å². The molecule has 4 rings (SSSR count). The van der Waals surface area contributed by atoms with E-state index in [4.69, 9.17) is 4.74 Å². The highest BCUT2D eigenvalue weighted by Crippen LogP contribution is 2.48. The van der Waals surface area contributed by atoms with Crippen LogP contribution in [0, 0.1) is 5.41 Å². The Morgan fingerprint density at radius 2 is 1.42 bits per heavy atom. The first-order valence-electron chi connectivity index (χ1n) is 18.4. The van der Waals surface area contributed by atoms with Crippen molar-refractivity contribution in [2.24, 2.45) is 5.41 Å². The summed E-state index contributed by atoms with van der Waals surface area (Å²) in [6, 6.07) is -2.14. The van der Waals surface area contributed by atoms with E-state index in [-0.39, 0.29) is 30.0 Å². The molecule has 2 bridgehead atoms. The van der Waals surface area contributed by atoms with Crippen LogP contribution in [0.3, 0.4) is 0 Å². The molecule has 278 valence electrons. The molecule has 1 aliphatic carbocycles. The summed E-state index contributed by atoms with van der Waals surface area (Å²) in [5.74, 6) is -0.304. The number of fused-ring (bicyclic) bond motifs is 2. The average molecular weight is 702 g/mol. The smallest absolute Gasteiger partial charge is 0.410 e. The lowest BCUT2D eigenvalue weighted by Crippen LogP contribution is -2.68. The zero-order valence-electron chi connectivity index (χ0n) is 30.6. The number of likely N-dealkylation sites (tertiary alicyclic amines) is 1. The second-order valence-corrected chi connectivity index (χ2v) is 16.6. The average Bonchev–Trinajstić information content (AvgIpc) is 3.19. The van der Waals surface area contributed by atoms with Gasteiger partial charge in [0.15, 0.2) is 0 Å². The van der Waals surface area contributed by atoms with Gasteiger partial charge in [-0.25, -0.2) is 18.0 Å². The number of carbonyl (C=O) groups excluding carboxylic acids is 3. The highest BCUT2D eigenvalue weighted by Gasteiger charge is 2.56. The fourth-order valence-electron chi connectivity index (χ4n) is 7.61. The minimum absolute atomic E-state index is 0.00308. The van der Waals surface area contributed by atoms with Gasteiger partial charge in [0.2, 0.25) is 16.3 Å². The van der Waals surface area contributed by atoms with Crippen LogP contribution in [0.25, 0.3) is 0 Å². The molecular formula is C34H63N5O8S. The quantitative estimate of drug-likeness (QED) is 0.132. The largest absolute Gasteiger partial charge is 0.724 e. The highest BCUT2D eigenvalue weighted by atomic mass is 32.3. The van der Waals surface area contributed by atoms with Crippen LogP contribution in [0.1, 0.15) is 126 Å². The van der Waals surface area contributed by atoms with Crippen molar-refractivity contribution < 1.29 is 40.9 Å². The SMILES string of the molecule is CC(C)(C)OC(=O)N1CC2(CC(NC(=O)[C@@H]3CC[C@@H]4CN3C(=O)N4OS(=O)(=O)[O-])C2)C1.CCCC[N+](CCCC)(CCCC)CCCC. The summed E-state index contributed by atoms with van der Waals surface area (Å²) in [5, 5.41) is 3.51. The molecule has 13 nitrogen and oxygen atoms in total. The van der Waals surface area contributed by atoms with E-state index in [1.54, 1.807) is 4.90 Å². The van der Waals surface area contributed by atoms with Gasteiger partial charge in [-0.05, 0) is 72.1 Å². The maximum atomic E-state index is 12.7. The Morgan fingerprint density at radius 3 is 1.85 bits per heavy atom. The Balaban J connectivity index is 0.000000315. The summed E-state index contributed by atoms with van der Waals surface area (Å²) in [4.78, 5) is 40.1. The summed E-state index contributed by atoms with van der Waals surface area (Å²) in [5.41, 5.74) is -0.538. The number of carbonyl (C=O) groups is 3. The molecule has 3 aliphatic heterocycles. The maximum absolute atomic E-state index is 12.7. The van der Waals surface area contributed by atoms with E-state index < -0.39 is 34.1 Å². The van der Waals surface area contributed by atoms with Crippen LogP contribution in [0.15, 0.2) is 0 Å². The zero-order valence-corrected chi connectivity index (χ0v) is 31.4. The van der Waals surface area contributed by atoms with Crippen LogP contribution in [-0.2, 0) is 24.2 Å². The van der Waals surface area contributed by atoms with Crippen LogP contribution in [0.2, 0.25) is 0 Å². The van der Waals surface area contributed by atoms with Crippen molar-refractivity contribution in [2.45, 2.75) is 149 Å². The van der Waals surface area contributed by atoms with Crippen molar-refractivity contribution in [1.82, 2.24) is 20.2 Å². The van der Waals surface area contributed by atoms with Gasteiger partial charge >= 0.3 is 12.1 Å². The number of urea groups is 1. The maximum Gasteiger partial charge on any atom is 0.410 e. The molecule has 1 saturated carbocycles. The molecule has 3 heterocycles. The Morgan fingerprint density at radius 1 is 0.917 bits per heavy atom. The molecule has 4 aliphatic rings. The van der Waals surface area contributed by atoms with E-state index in [0.717, 1.165) is 12.8 Å². The van der Waals surface area contributed by atoms with Gasteiger partial charge in [0.1, 0.15) is 11.6 Å². The van der Waals surface area contributed by atoms with Crippen LogP contribution in [0.5, 0.6) is 0 Å². The van der Waals surface area contributed by atoms with Gasteiger partial charge in [-0.2, -0.15) is 9.35 Å². The number of hydroxylamine groups is 2. The normalized spacial score (nSPS) is 22.2. The van der Waals surface area contributed by atoms with Gasteiger partial charge in [0, 0.05) is 31.1 Å². The monoisotopic (exact) mass is 701 g/mol. The molecule has 0 unspecified atom stereocenters. The van der Waals surface area contributed by atoms with Crippen LogP contribution in [0.4, 0.5) is 9.59 Å². The topological polar surface area (TPSA) is 149 Å². The van der Waals surface area contributed by atoms with Crippen molar-refractivity contribution in [1.29, 1.82) is 0 Å². The number of ether oxygens (including phenoxy) is 1. The number of amides is 4. The summed E-state index contributed by atoms with van der Waals surface area (Å²) in [6.07, 6.45) is 12.9. The van der Waals surface area contributed by atoms with E-state index in [1.807, 2.05) is 20.8 Å². The van der Waals surface area contributed by atoms with Gasteiger partial charge < -0.3 is 28.9 Å². The predicted octanol–water partition coefficient (Wildman–Crippen LogP) is 5.17. The molecule has 1 spiro atoms. The Labute approximate surface area is 289 Å². The lowest BCUT2D eigenvalue weighted by Gasteiger charge is -2.58.